The highest BCUT2D eigenvalue weighted by Gasteiger charge is 2.29. The number of hydrogen-bond acceptors (Lipinski definition) is 4. The third kappa shape index (κ3) is 3.90. The molecule has 1 aromatic heterocycles. The van der Waals surface area contributed by atoms with Crippen molar-refractivity contribution >= 4 is 11.6 Å². The Morgan fingerprint density at radius 2 is 1.88 bits per heavy atom. The maximum atomic E-state index is 6.04. The quantitative estimate of drug-likeness (QED) is 0.703. The van der Waals surface area contributed by atoms with Gasteiger partial charge in [-0.25, -0.2) is 4.68 Å². The van der Waals surface area contributed by atoms with Crippen molar-refractivity contribution in [1.82, 2.24) is 19.9 Å². The Bertz CT molecular complexity index is 836. The monoisotopic (exact) mass is 354 g/mol. The average Bonchev–Trinajstić information content (AvgIpc) is 3.25. The van der Waals surface area contributed by atoms with E-state index in [0.717, 1.165) is 29.4 Å². The zero-order chi connectivity index (χ0) is 17.1. The van der Waals surface area contributed by atoms with Crippen molar-refractivity contribution in [2.75, 3.05) is 13.2 Å². The van der Waals surface area contributed by atoms with E-state index in [1.165, 1.54) is 5.56 Å². The van der Waals surface area contributed by atoms with Crippen molar-refractivity contribution in [3.05, 3.63) is 82.6 Å². The first-order valence-electron chi connectivity index (χ1n) is 8.32. The van der Waals surface area contributed by atoms with Gasteiger partial charge >= 0.3 is 0 Å². The molecule has 1 aliphatic heterocycles. The third-order valence-electron chi connectivity index (χ3n) is 4.26. The third-order valence-corrected chi connectivity index (χ3v) is 4.49. The maximum Gasteiger partial charge on any atom is 0.157 e. The summed E-state index contributed by atoms with van der Waals surface area (Å²) in [6.07, 6.45) is 1.81. The van der Waals surface area contributed by atoms with Crippen molar-refractivity contribution < 1.29 is 4.74 Å². The van der Waals surface area contributed by atoms with Gasteiger partial charge in [0, 0.05) is 18.1 Å². The zero-order valence-corrected chi connectivity index (χ0v) is 14.5. The van der Waals surface area contributed by atoms with Crippen molar-refractivity contribution in [2.45, 2.75) is 19.3 Å². The van der Waals surface area contributed by atoms with Crippen LogP contribution in [-0.4, -0.2) is 33.0 Å². The first-order valence-corrected chi connectivity index (χ1v) is 8.70. The van der Waals surface area contributed by atoms with E-state index in [4.69, 9.17) is 16.3 Å². The summed E-state index contributed by atoms with van der Waals surface area (Å²) in [6.45, 7) is 3.07. The average molecular weight is 355 g/mol. The van der Waals surface area contributed by atoms with Crippen LogP contribution in [0.3, 0.4) is 0 Å². The molecule has 2 heterocycles. The lowest BCUT2D eigenvalue weighted by Gasteiger charge is -2.20. The predicted molar refractivity (Wildman–Crippen MR) is 96.1 cm³/mol. The van der Waals surface area contributed by atoms with Crippen molar-refractivity contribution in [2.24, 2.45) is 0 Å². The van der Waals surface area contributed by atoms with E-state index in [-0.39, 0.29) is 6.23 Å². The van der Waals surface area contributed by atoms with E-state index < -0.39 is 0 Å². The highest BCUT2D eigenvalue weighted by molar-refractivity contribution is 6.30. The summed E-state index contributed by atoms with van der Waals surface area (Å²) in [5, 5.41) is 9.29. The van der Waals surface area contributed by atoms with Crippen molar-refractivity contribution in [3.63, 3.8) is 0 Å². The van der Waals surface area contributed by atoms with Crippen molar-refractivity contribution in [1.29, 1.82) is 0 Å². The molecule has 1 saturated heterocycles. The van der Waals surface area contributed by atoms with Crippen molar-refractivity contribution in [3.8, 4) is 0 Å². The standard InChI is InChI=1S/C19H19ClN4O/c20-17-8-4-7-16(11-17)13-24-14-18(21-22-24)19-23(9-10-25-19)12-15-5-2-1-3-6-15/h1-8,11,14,19H,9-10,12-13H2/t19-/m1/s1. The molecule has 0 unspecified atom stereocenters. The van der Waals surface area contributed by atoms with Gasteiger partial charge in [0.1, 0.15) is 5.69 Å². The van der Waals surface area contributed by atoms with Gasteiger partial charge in [-0.05, 0) is 23.3 Å². The molecular weight excluding hydrogens is 336 g/mol. The Balaban J connectivity index is 1.47. The summed E-state index contributed by atoms with van der Waals surface area (Å²) in [6, 6.07) is 18.2. The molecule has 0 amide bonds. The Hall–Kier alpha value is -2.21. The van der Waals surface area contributed by atoms with Crippen LogP contribution in [0.1, 0.15) is 23.0 Å². The molecule has 0 radical (unpaired) electrons. The molecule has 6 heteroatoms. The highest BCUT2D eigenvalue weighted by Crippen LogP contribution is 2.27. The lowest BCUT2D eigenvalue weighted by atomic mass is 10.2. The first kappa shape index (κ1) is 16.3. The molecule has 0 spiro atoms. The lowest BCUT2D eigenvalue weighted by molar-refractivity contribution is 0.0252. The lowest BCUT2D eigenvalue weighted by Crippen LogP contribution is -2.23. The van der Waals surface area contributed by atoms with E-state index in [1.807, 2.05) is 41.2 Å². The zero-order valence-electron chi connectivity index (χ0n) is 13.8. The Morgan fingerprint density at radius 1 is 1.04 bits per heavy atom. The summed E-state index contributed by atoms with van der Waals surface area (Å²) in [7, 11) is 0. The summed E-state index contributed by atoms with van der Waals surface area (Å²) in [4.78, 5) is 2.28. The minimum absolute atomic E-state index is 0.145. The summed E-state index contributed by atoms with van der Waals surface area (Å²) >= 11 is 6.04. The number of aromatic nitrogens is 3. The molecule has 0 aliphatic carbocycles. The van der Waals surface area contributed by atoms with Crippen LogP contribution in [0.5, 0.6) is 0 Å². The molecule has 1 fully saturated rings. The Morgan fingerprint density at radius 3 is 2.72 bits per heavy atom. The minimum Gasteiger partial charge on any atom is -0.356 e. The smallest absolute Gasteiger partial charge is 0.157 e. The van der Waals surface area contributed by atoms with Crippen LogP contribution in [0.15, 0.2) is 60.8 Å². The van der Waals surface area contributed by atoms with Crippen LogP contribution >= 0.6 is 11.6 Å². The topological polar surface area (TPSA) is 43.2 Å². The predicted octanol–water partition coefficient (Wildman–Crippen LogP) is 3.51. The van der Waals surface area contributed by atoms with Gasteiger partial charge in [-0.15, -0.1) is 5.10 Å². The van der Waals surface area contributed by atoms with Crippen LogP contribution in [0.2, 0.25) is 5.02 Å². The van der Waals surface area contributed by atoms with Gasteiger partial charge in [0.2, 0.25) is 0 Å². The normalized spacial score (nSPS) is 17.9. The largest absolute Gasteiger partial charge is 0.356 e. The van der Waals surface area contributed by atoms with E-state index in [2.05, 4.69) is 39.5 Å². The highest BCUT2D eigenvalue weighted by atomic mass is 35.5. The Kier molecular flexibility index (Phi) is 4.78. The Labute approximate surface area is 151 Å². The molecule has 1 aliphatic rings. The van der Waals surface area contributed by atoms with Gasteiger partial charge in [0.15, 0.2) is 6.23 Å². The number of halogens is 1. The molecular formula is C19H19ClN4O. The minimum atomic E-state index is -0.145. The molecule has 4 rings (SSSR count). The van der Waals surface area contributed by atoms with E-state index >= 15 is 0 Å². The second-order valence-corrected chi connectivity index (χ2v) is 6.59. The molecule has 1 atom stereocenters. The van der Waals surface area contributed by atoms with Crippen LogP contribution < -0.4 is 0 Å². The molecule has 128 valence electrons. The van der Waals surface area contributed by atoms with E-state index in [0.29, 0.717) is 13.2 Å². The van der Waals surface area contributed by atoms with E-state index in [1.54, 1.807) is 0 Å². The fourth-order valence-electron chi connectivity index (χ4n) is 3.08. The number of rotatable bonds is 5. The van der Waals surface area contributed by atoms with Gasteiger partial charge in [0.05, 0.1) is 19.3 Å². The number of benzene rings is 2. The molecule has 5 nitrogen and oxygen atoms in total. The summed E-state index contributed by atoms with van der Waals surface area (Å²) in [5.74, 6) is 0. The first-order chi connectivity index (χ1) is 12.3. The number of nitrogens with zero attached hydrogens (tertiary/aromatic N) is 4. The van der Waals surface area contributed by atoms with Crippen LogP contribution in [0, 0.1) is 0 Å². The van der Waals surface area contributed by atoms with E-state index in [9.17, 15) is 0 Å². The van der Waals surface area contributed by atoms with Crippen LogP contribution in [-0.2, 0) is 17.8 Å². The van der Waals surface area contributed by atoms with Gasteiger partial charge in [-0.3, -0.25) is 4.90 Å². The second-order valence-electron chi connectivity index (χ2n) is 6.15. The van der Waals surface area contributed by atoms with Gasteiger partial charge in [0.25, 0.3) is 0 Å². The SMILES string of the molecule is Clc1cccc(Cn2cc([C@H]3OCCN3Cc3ccccc3)nn2)c1. The van der Waals surface area contributed by atoms with Gasteiger partial charge in [-0.1, -0.05) is 59.3 Å². The van der Waals surface area contributed by atoms with Crippen LogP contribution in [0.4, 0.5) is 0 Å². The van der Waals surface area contributed by atoms with Crippen LogP contribution in [0.25, 0.3) is 0 Å². The number of ether oxygens (including phenoxy) is 1. The fourth-order valence-corrected chi connectivity index (χ4v) is 3.30. The van der Waals surface area contributed by atoms with Gasteiger partial charge < -0.3 is 4.74 Å². The molecule has 0 bridgehead atoms. The van der Waals surface area contributed by atoms with Gasteiger partial charge in [-0.2, -0.15) is 0 Å². The maximum absolute atomic E-state index is 6.04. The molecule has 3 aromatic rings. The summed E-state index contributed by atoms with van der Waals surface area (Å²) < 4.78 is 7.72. The summed E-state index contributed by atoms with van der Waals surface area (Å²) in [5.41, 5.74) is 3.21. The molecule has 0 N–H and O–H groups in total. The number of hydrogen-bond donors (Lipinski definition) is 0. The molecule has 0 saturated carbocycles. The molecule has 25 heavy (non-hydrogen) atoms. The second kappa shape index (κ2) is 7.35. The molecule has 2 aromatic carbocycles. The fraction of sp³-hybridized carbons (Fsp3) is 0.263.